The number of nitrogens with zero attached hydrogens (tertiary/aromatic N) is 1. The molecule has 158 valence electrons. The number of benzene rings is 2. The molecule has 0 aromatic heterocycles. The zero-order valence-electron chi connectivity index (χ0n) is 17.4. The van der Waals surface area contributed by atoms with Crippen LogP contribution in [0.1, 0.15) is 48.9 Å². The van der Waals surface area contributed by atoms with Crippen molar-refractivity contribution in [3.8, 4) is 11.5 Å². The zero-order chi connectivity index (χ0) is 20.7. The molecule has 0 N–H and O–H groups in total. The van der Waals surface area contributed by atoms with E-state index >= 15 is 8.78 Å². The summed E-state index contributed by atoms with van der Waals surface area (Å²) < 4.78 is 42.0. The van der Waals surface area contributed by atoms with Gasteiger partial charge in [-0.2, -0.15) is 0 Å². The molecule has 1 saturated heterocycles. The van der Waals surface area contributed by atoms with Crippen LogP contribution in [0.25, 0.3) is 0 Å². The van der Waals surface area contributed by atoms with Gasteiger partial charge in [0.25, 0.3) is 5.92 Å². The van der Waals surface area contributed by atoms with Crippen molar-refractivity contribution in [2.45, 2.75) is 62.1 Å². The summed E-state index contributed by atoms with van der Waals surface area (Å²) in [5, 5.41) is 0. The Balaban J connectivity index is 1.49. The van der Waals surface area contributed by atoms with Crippen LogP contribution < -0.4 is 9.47 Å². The van der Waals surface area contributed by atoms with Gasteiger partial charge in [-0.3, -0.25) is 4.90 Å². The lowest BCUT2D eigenvalue weighted by Crippen LogP contribution is -2.68. The largest absolute Gasteiger partial charge is 0.493 e. The lowest BCUT2D eigenvalue weighted by Gasteiger charge is -2.60. The Morgan fingerprint density at radius 2 is 1.93 bits per heavy atom. The molecule has 3 nitrogen and oxygen atoms in total. The lowest BCUT2D eigenvalue weighted by atomic mass is 9.51. The molecule has 1 spiro atoms. The van der Waals surface area contributed by atoms with E-state index in [2.05, 4.69) is 42.2 Å². The number of methoxy groups -OCH3 is 1. The second-order valence-electron chi connectivity index (χ2n) is 9.42. The molecule has 2 aliphatic carbocycles. The van der Waals surface area contributed by atoms with Gasteiger partial charge in [-0.05, 0) is 49.3 Å². The predicted molar refractivity (Wildman–Crippen MR) is 110 cm³/mol. The summed E-state index contributed by atoms with van der Waals surface area (Å²) in [6.07, 6.45) is 0.965. The molecule has 0 radical (unpaired) electrons. The molecule has 2 bridgehead atoms. The standard InChI is InChI=1S/C25H27F2NO2/c1-15(16-6-4-3-5-7-16)28-13-12-24-18-10-11-25(26,27)23(24)30-22-20(29-2)9-8-17(21(22)24)14-19(18)28/h3-9,15,18-19,23H,10-14H2,1-2H3/t15?,18?,19-,23-,24+/m0/s1. The fourth-order valence-electron chi connectivity index (χ4n) is 7.07. The topological polar surface area (TPSA) is 21.7 Å². The first-order chi connectivity index (χ1) is 14.5. The normalized spacial score (nSPS) is 34.1. The molecule has 2 heterocycles. The summed E-state index contributed by atoms with van der Waals surface area (Å²) in [6.45, 7) is 3.06. The van der Waals surface area contributed by atoms with E-state index in [0.717, 1.165) is 24.1 Å². The number of rotatable bonds is 3. The Kier molecular flexibility index (Phi) is 3.84. The number of hydrogen-bond acceptors (Lipinski definition) is 3. The third kappa shape index (κ3) is 2.22. The Labute approximate surface area is 176 Å². The van der Waals surface area contributed by atoms with Gasteiger partial charge in [0.1, 0.15) is 0 Å². The van der Waals surface area contributed by atoms with Crippen LogP contribution in [0.3, 0.4) is 0 Å². The molecule has 2 aliphatic heterocycles. The number of alkyl halides is 2. The molecule has 0 amide bonds. The van der Waals surface area contributed by atoms with Gasteiger partial charge in [0.2, 0.25) is 0 Å². The molecule has 30 heavy (non-hydrogen) atoms. The van der Waals surface area contributed by atoms with Crippen LogP contribution in [-0.2, 0) is 11.8 Å². The van der Waals surface area contributed by atoms with Gasteiger partial charge in [-0.15, -0.1) is 0 Å². The van der Waals surface area contributed by atoms with Crippen molar-refractivity contribution >= 4 is 0 Å². The van der Waals surface area contributed by atoms with Gasteiger partial charge in [-0.1, -0.05) is 36.4 Å². The Morgan fingerprint density at radius 1 is 1.13 bits per heavy atom. The first-order valence-corrected chi connectivity index (χ1v) is 11.0. The first kappa shape index (κ1) is 18.6. The van der Waals surface area contributed by atoms with Crippen molar-refractivity contribution < 1.29 is 18.3 Å². The van der Waals surface area contributed by atoms with Crippen LogP contribution in [0.2, 0.25) is 0 Å². The average Bonchev–Trinajstić information content (AvgIpc) is 3.11. The summed E-state index contributed by atoms with van der Waals surface area (Å²) >= 11 is 0. The minimum absolute atomic E-state index is 0.0974. The van der Waals surface area contributed by atoms with Gasteiger partial charge in [0.15, 0.2) is 17.6 Å². The predicted octanol–water partition coefficient (Wildman–Crippen LogP) is 5.13. The van der Waals surface area contributed by atoms with Crippen LogP contribution in [0.4, 0.5) is 8.78 Å². The Bertz CT molecular complexity index is 994. The molecule has 5 heteroatoms. The maximum Gasteiger partial charge on any atom is 0.285 e. The Hall–Kier alpha value is -2.14. The quantitative estimate of drug-likeness (QED) is 0.699. The van der Waals surface area contributed by atoms with Crippen LogP contribution >= 0.6 is 0 Å². The van der Waals surface area contributed by atoms with E-state index in [9.17, 15) is 0 Å². The summed E-state index contributed by atoms with van der Waals surface area (Å²) in [7, 11) is 1.59. The summed E-state index contributed by atoms with van der Waals surface area (Å²) in [5.41, 5.74) is 2.88. The fourth-order valence-corrected chi connectivity index (χ4v) is 7.07. The number of likely N-dealkylation sites (tertiary alicyclic amines) is 1. The molecule has 2 aromatic carbocycles. The highest BCUT2D eigenvalue weighted by Gasteiger charge is 2.71. The molecule has 1 saturated carbocycles. The molecule has 5 atom stereocenters. The third-order valence-corrected chi connectivity index (χ3v) is 8.31. The van der Waals surface area contributed by atoms with Gasteiger partial charge in [0.05, 0.1) is 7.11 Å². The molecular formula is C25H27F2NO2. The summed E-state index contributed by atoms with van der Waals surface area (Å²) in [4.78, 5) is 2.57. The second-order valence-corrected chi connectivity index (χ2v) is 9.42. The number of piperidine rings is 1. The molecule has 2 aromatic rings. The van der Waals surface area contributed by atoms with Crippen molar-refractivity contribution in [2.75, 3.05) is 13.7 Å². The molecule has 4 aliphatic rings. The van der Waals surface area contributed by atoms with Crippen LogP contribution in [0, 0.1) is 5.92 Å². The number of ether oxygens (including phenoxy) is 2. The fraction of sp³-hybridized carbons (Fsp3) is 0.520. The van der Waals surface area contributed by atoms with E-state index in [0.29, 0.717) is 24.3 Å². The number of hydrogen-bond donors (Lipinski definition) is 0. The van der Waals surface area contributed by atoms with Crippen molar-refractivity contribution in [1.82, 2.24) is 4.90 Å². The average molecular weight is 411 g/mol. The van der Waals surface area contributed by atoms with Gasteiger partial charge in [0, 0.05) is 36.0 Å². The maximum absolute atomic E-state index is 15.2. The van der Waals surface area contributed by atoms with Crippen molar-refractivity contribution in [3.63, 3.8) is 0 Å². The zero-order valence-corrected chi connectivity index (χ0v) is 17.4. The highest BCUT2D eigenvalue weighted by atomic mass is 19.3. The highest BCUT2D eigenvalue weighted by Crippen LogP contribution is 2.66. The Morgan fingerprint density at radius 3 is 2.70 bits per heavy atom. The SMILES string of the molecule is COc1ccc2c3c1O[C@@H]1C(F)(F)CCC4[C@H](C2)N(C(C)c2ccccc2)CC[C@]341. The van der Waals surface area contributed by atoms with Crippen LogP contribution in [0.5, 0.6) is 11.5 Å². The van der Waals surface area contributed by atoms with Crippen LogP contribution in [-0.4, -0.2) is 36.6 Å². The van der Waals surface area contributed by atoms with E-state index in [1.807, 2.05) is 12.1 Å². The second kappa shape index (κ2) is 6.19. The van der Waals surface area contributed by atoms with Gasteiger partial charge < -0.3 is 9.47 Å². The minimum Gasteiger partial charge on any atom is -0.493 e. The van der Waals surface area contributed by atoms with Crippen LogP contribution in [0.15, 0.2) is 42.5 Å². The monoisotopic (exact) mass is 411 g/mol. The van der Waals surface area contributed by atoms with E-state index in [1.54, 1.807) is 7.11 Å². The van der Waals surface area contributed by atoms with Crippen molar-refractivity contribution in [3.05, 3.63) is 59.2 Å². The van der Waals surface area contributed by atoms with Gasteiger partial charge >= 0.3 is 0 Å². The third-order valence-electron chi connectivity index (χ3n) is 8.31. The molecular weight excluding hydrogens is 384 g/mol. The summed E-state index contributed by atoms with van der Waals surface area (Å²) in [6, 6.07) is 15.0. The maximum atomic E-state index is 15.2. The summed E-state index contributed by atoms with van der Waals surface area (Å²) in [5.74, 6) is -1.46. The first-order valence-electron chi connectivity index (χ1n) is 11.0. The van der Waals surface area contributed by atoms with Crippen molar-refractivity contribution in [1.29, 1.82) is 0 Å². The van der Waals surface area contributed by atoms with E-state index in [4.69, 9.17) is 9.47 Å². The minimum atomic E-state index is -2.81. The van der Waals surface area contributed by atoms with Crippen molar-refractivity contribution in [2.24, 2.45) is 5.92 Å². The van der Waals surface area contributed by atoms with E-state index < -0.39 is 17.4 Å². The van der Waals surface area contributed by atoms with E-state index in [1.165, 1.54) is 5.56 Å². The van der Waals surface area contributed by atoms with Gasteiger partial charge in [-0.25, -0.2) is 8.78 Å². The highest BCUT2D eigenvalue weighted by molar-refractivity contribution is 5.61. The molecule has 2 unspecified atom stereocenters. The molecule has 6 rings (SSSR count). The molecule has 2 fully saturated rings. The van der Waals surface area contributed by atoms with E-state index in [-0.39, 0.29) is 24.4 Å². The lowest BCUT2D eigenvalue weighted by molar-refractivity contribution is -0.184. The smallest absolute Gasteiger partial charge is 0.285 e. The number of halogens is 2.